The maximum absolute atomic E-state index is 12.1. The van der Waals surface area contributed by atoms with E-state index in [0.717, 1.165) is 25.7 Å². The smallest absolute Gasteiger partial charge is 0.214 e. The lowest BCUT2D eigenvalue weighted by molar-refractivity contribution is 0.0245. The average Bonchev–Trinajstić information content (AvgIpc) is 2.50. The molecule has 0 radical (unpaired) electrons. The fraction of sp³-hybridized carbons (Fsp3) is 1.00. The van der Waals surface area contributed by atoms with E-state index in [0.29, 0.717) is 57.8 Å². The lowest BCUT2D eigenvalue weighted by Gasteiger charge is -2.26. The third kappa shape index (κ3) is 5.83. The SMILES string of the molecule is NC1CCC(OCCCNS(=O)(=O)C2CCOCC2)CC1. The first-order valence-electron chi connectivity index (χ1n) is 8.01. The molecular weight excluding hydrogens is 292 g/mol. The highest BCUT2D eigenvalue weighted by Gasteiger charge is 2.27. The Morgan fingerprint density at radius 2 is 1.76 bits per heavy atom. The van der Waals surface area contributed by atoms with Crippen molar-refractivity contribution in [3.05, 3.63) is 0 Å². The molecule has 6 nitrogen and oxygen atoms in total. The second kappa shape index (κ2) is 8.43. The van der Waals surface area contributed by atoms with Crippen molar-refractivity contribution in [3.63, 3.8) is 0 Å². The van der Waals surface area contributed by atoms with E-state index >= 15 is 0 Å². The molecule has 2 aliphatic rings. The predicted molar refractivity (Wildman–Crippen MR) is 81.6 cm³/mol. The molecule has 124 valence electrons. The van der Waals surface area contributed by atoms with Crippen LogP contribution in [0.2, 0.25) is 0 Å². The van der Waals surface area contributed by atoms with Crippen molar-refractivity contribution < 1.29 is 17.9 Å². The van der Waals surface area contributed by atoms with Gasteiger partial charge in [0, 0.05) is 32.4 Å². The number of rotatable bonds is 7. The van der Waals surface area contributed by atoms with Crippen molar-refractivity contribution in [2.75, 3.05) is 26.4 Å². The van der Waals surface area contributed by atoms with Crippen LogP contribution in [0.1, 0.15) is 44.9 Å². The molecule has 1 heterocycles. The summed E-state index contributed by atoms with van der Waals surface area (Å²) in [6.07, 6.45) is 6.30. The topological polar surface area (TPSA) is 90.6 Å². The Labute approximate surface area is 127 Å². The van der Waals surface area contributed by atoms with Gasteiger partial charge >= 0.3 is 0 Å². The van der Waals surface area contributed by atoms with E-state index in [1.54, 1.807) is 0 Å². The largest absolute Gasteiger partial charge is 0.381 e. The highest BCUT2D eigenvalue weighted by atomic mass is 32.2. The van der Waals surface area contributed by atoms with E-state index in [1.165, 1.54) is 0 Å². The fourth-order valence-electron chi connectivity index (χ4n) is 2.90. The standard InChI is InChI=1S/C14H28N2O4S/c15-12-2-4-13(5-3-12)20-9-1-8-16-21(17,18)14-6-10-19-11-7-14/h12-14,16H,1-11,15H2. The van der Waals surface area contributed by atoms with Crippen molar-refractivity contribution in [1.29, 1.82) is 0 Å². The van der Waals surface area contributed by atoms with Crippen molar-refractivity contribution in [2.24, 2.45) is 5.73 Å². The Balaban J connectivity index is 1.56. The first-order chi connectivity index (χ1) is 10.1. The summed E-state index contributed by atoms with van der Waals surface area (Å²) in [5, 5.41) is -0.299. The molecule has 0 spiro atoms. The zero-order valence-electron chi connectivity index (χ0n) is 12.6. The molecule has 7 heteroatoms. The van der Waals surface area contributed by atoms with Crippen LogP contribution in [0.15, 0.2) is 0 Å². The van der Waals surface area contributed by atoms with E-state index in [1.807, 2.05) is 0 Å². The van der Waals surface area contributed by atoms with Gasteiger partial charge in [-0.15, -0.1) is 0 Å². The van der Waals surface area contributed by atoms with E-state index in [9.17, 15) is 8.42 Å². The van der Waals surface area contributed by atoms with Gasteiger partial charge < -0.3 is 15.2 Å². The number of hydrogen-bond donors (Lipinski definition) is 2. The molecule has 0 bridgehead atoms. The maximum atomic E-state index is 12.1. The van der Waals surface area contributed by atoms with Gasteiger partial charge in [0.05, 0.1) is 11.4 Å². The van der Waals surface area contributed by atoms with Gasteiger partial charge in [0.25, 0.3) is 0 Å². The average molecular weight is 320 g/mol. The molecule has 0 aromatic heterocycles. The summed E-state index contributed by atoms with van der Waals surface area (Å²) in [5.41, 5.74) is 5.85. The Kier molecular flexibility index (Phi) is 6.88. The molecule has 21 heavy (non-hydrogen) atoms. The van der Waals surface area contributed by atoms with E-state index in [2.05, 4.69) is 4.72 Å². The summed E-state index contributed by atoms with van der Waals surface area (Å²) >= 11 is 0. The monoisotopic (exact) mass is 320 g/mol. The number of sulfonamides is 1. The summed E-state index contributed by atoms with van der Waals surface area (Å²) < 4.78 is 37.8. The van der Waals surface area contributed by atoms with Gasteiger partial charge in [-0.05, 0) is 44.9 Å². The molecule has 2 rings (SSSR count). The predicted octanol–water partition coefficient (Wildman–Crippen LogP) is 0.761. The molecule has 1 saturated heterocycles. The van der Waals surface area contributed by atoms with Crippen molar-refractivity contribution in [3.8, 4) is 0 Å². The highest BCUT2D eigenvalue weighted by molar-refractivity contribution is 7.90. The van der Waals surface area contributed by atoms with Gasteiger partial charge in [0.1, 0.15) is 0 Å². The maximum Gasteiger partial charge on any atom is 0.214 e. The zero-order chi connectivity index (χ0) is 15.1. The Morgan fingerprint density at radius 1 is 1.10 bits per heavy atom. The van der Waals surface area contributed by atoms with Crippen molar-refractivity contribution in [2.45, 2.75) is 62.3 Å². The molecule has 1 aliphatic heterocycles. The minimum absolute atomic E-state index is 0.299. The van der Waals surface area contributed by atoms with Crippen LogP contribution >= 0.6 is 0 Å². The molecule has 1 saturated carbocycles. The molecule has 1 aliphatic carbocycles. The van der Waals surface area contributed by atoms with Gasteiger partial charge in [0.2, 0.25) is 10.0 Å². The highest BCUT2D eigenvalue weighted by Crippen LogP contribution is 2.20. The Morgan fingerprint density at radius 3 is 2.43 bits per heavy atom. The summed E-state index contributed by atoms with van der Waals surface area (Å²) in [7, 11) is -3.20. The summed E-state index contributed by atoms with van der Waals surface area (Å²) in [4.78, 5) is 0. The van der Waals surface area contributed by atoms with Gasteiger partial charge in [-0.3, -0.25) is 0 Å². The minimum atomic E-state index is -3.20. The van der Waals surface area contributed by atoms with E-state index in [4.69, 9.17) is 15.2 Å². The molecule has 0 amide bonds. The van der Waals surface area contributed by atoms with Crippen LogP contribution in [-0.4, -0.2) is 52.2 Å². The number of hydrogen-bond acceptors (Lipinski definition) is 5. The number of nitrogens with two attached hydrogens (primary N) is 1. The molecular formula is C14H28N2O4S. The van der Waals surface area contributed by atoms with Gasteiger partial charge in [-0.1, -0.05) is 0 Å². The molecule has 0 unspecified atom stereocenters. The van der Waals surface area contributed by atoms with Crippen LogP contribution in [0.4, 0.5) is 0 Å². The normalized spacial score (nSPS) is 28.6. The lowest BCUT2D eigenvalue weighted by Crippen LogP contribution is -2.38. The van der Waals surface area contributed by atoms with Crippen LogP contribution in [0.3, 0.4) is 0 Å². The fourth-order valence-corrected chi connectivity index (χ4v) is 4.37. The third-order valence-electron chi connectivity index (χ3n) is 4.30. The Bertz CT molecular complexity index is 388. The second-order valence-corrected chi connectivity index (χ2v) is 8.06. The van der Waals surface area contributed by atoms with Gasteiger partial charge in [-0.25, -0.2) is 13.1 Å². The summed E-state index contributed by atoms with van der Waals surface area (Å²) in [5.74, 6) is 0. The first-order valence-corrected chi connectivity index (χ1v) is 9.56. The van der Waals surface area contributed by atoms with Crippen LogP contribution in [0, 0.1) is 0 Å². The quantitative estimate of drug-likeness (QED) is 0.676. The summed E-state index contributed by atoms with van der Waals surface area (Å²) in [6, 6.07) is 0.330. The van der Waals surface area contributed by atoms with E-state index in [-0.39, 0.29) is 5.25 Å². The van der Waals surface area contributed by atoms with Crippen LogP contribution in [0.5, 0.6) is 0 Å². The number of nitrogens with one attached hydrogen (secondary N) is 1. The summed E-state index contributed by atoms with van der Waals surface area (Å²) in [6.45, 7) is 2.14. The molecule has 3 N–H and O–H groups in total. The third-order valence-corrected chi connectivity index (χ3v) is 6.26. The molecule has 0 atom stereocenters. The van der Waals surface area contributed by atoms with Crippen LogP contribution in [0.25, 0.3) is 0 Å². The van der Waals surface area contributed by atoms with Crippen molar-refractivity contribution in [1.82, 2.24) is 4.72 Å². The zero-order valence-corrected chi connectivity index (χ0v) is 13.4. The van der Waals surface area contributed by atoms with Crippen molar-refractivity contribution >= 4 is 10.0 Å². The minimum Gasteiger partial charge on any atom is -0.381 e. The van der Waals surface area contributed by atoms with E-state index < -0.39 is 10.0 Å². The molecule has 0 aromatic carbocycles. The van der Waals surface area contributed by atoms with Crippen LogP contribution in [-0.2, 0) is 19.5 Å². The van der Waals surface area contributed by atoms with Crippen LogP contribution < -0.4 is 10.5 Å². The van der Waals surface area contributed by atoms with Gasteiger partial charge in [-0.2, -0.15) is 0 Å². The lowest BCUT2D eigenvalue weighted by atomic mass is 9.94. The Hall–Kier alpha value is -0.210. The van der Waals surface area contributed by atoms with Gasteiger partial charge in [0.15, 0.2) is 0 Å². The molecule has 0 aromatic rings. The first kappa shape index (κ1) is 17.1. The molecule has 2 fully saturated rings. The second-order valence-electron chi connectivity index (χ2n) is 6.01. The number of ether oxygens (including phenoxy) is 2.